The number of carbonyl (C=O) groups excluding carboxylic acids is 4. The molecule has 7 aromatic rings. The number of hydrogen-bond acceptors (Lipinski definition) is 11. The van der Waals surface area contributed by atoms with Crippen LogP contribution in [0.4, 0.5) is 0 Å². The lowest BCUT2D eigenvalue weighted by molar-refractivity contribution is -0.144. The number of nitrogens with zero attached hydrogens (tertiary/aromatic N) is 4. The minimum Gasteiger partial charge on any atom is -0.494 e. The van der Waals surface area contributed by atoms with Gasteiger partial charge in [0, 0.05) is 60.1 Å². The second-order valence-electron chi connectivity index (χ2n) is 18.8. The fourth-order valence-electron chi connectivity index (χ4n) is 9.11. The van der Waals surface area contributed by atoms with Gasteiger partial charge in [0.15, 0.2) is 0 Å². The van der Waals surface area contributed by atoms with E-state index in [-0.39, 0.29) is 38.6 Å². The summed E-state index contributed by atoms with van der Waals surface area (Å²) in [6.45, 7) is 12.4. The molecule has 15 nitrogen and oxygen atoms in total. The molecule has 0 unspecified atom stereocenters. The number of β-amino-alcohol motifs (C(OH)–C–C–N with tert-alkyl or cyclic N) is 1. The van der Waals surface area contributed by atoms with Crippen LogP contribution in [0, 0.1) is 26.2 Å². The van der Waals surface area contributed by atoms with Gasteiger partial charge in [0.1, 0.15) is 30.2 Å². The zero-order valence-electron chi connectivity index (χ0n) is 39.8. The standard InChI is InChI=1S/C53H59N7O8S/c1-31-46(33(3)68-58-31)37-22-41(50(54)63)47-40-25-39(18-19-42(40)59(43(47)23-37)27-35-12-8-7-9-13-35)67-21-11-10-20-66-29-45(62)57-49(53(4,5)6)52(65)60-28-38(61)24-44(60)51(64)55-26-34-14-16-36(17-15-34)48-32(2)56-30-69-48/h7-9,12-19,22-23,25,30,38,44,49,61H,10-11,20-21,24,26-29H2,1-6H3,(H2,54,63)(H,55,64)(H,57,62)/t38-,44+,49-/m1/s1. The molecule has 4 heterocycles. The largest absolute Gasteiger partial charge is 0.494 e. The van der Waals surface area contributed by atoms with E-state index in [0.717, 1.165) is 60.2 Å². The first-order valence-electron chi connectivity index (χ1n) is 23.2. The number of rotatable bonds is 18. The SMILES string of the molecule is Cc1ncsc1-c1ccc(CNC(=O)[C@@H]2C[C@@H](O)CN2C(=O)[C@@H](NC(=O)COCCCCOc2ccc3c(c2)c2c(C(N)=O)cc(-c4c(C)noc4C)cc2n3Cc2ccccc2)C(C)(C)C)cc1. The normalized spacial score (nSPS) is 15.4. The van der Waals surface area contributed by atoms with Crippen LogP contribution in [0.1, 0.15) is 78.7 Å². The topological polar surface area (TPSA) is 204 Å². The van der Waals surface area contributed by atoms with Crippen LogP contribution in [0.3, 0.4) is 0 Å². The number of amides is 4. The maximum atomic E-state index is 14.1. The molecule has 5 N–H and O–H groups in total. The average molecular weight is 954 g/mol. The van der Waals surface area contributed by atoms with Gasteiger partial charge in [-0.15, -0.1) is 11.3 Å². The highest BCUT2D eigenvalue weighted by molar-refractivity contribution is 7.13. The third-order valence-corrected chi connectivity index (χ3v) is 13.6. The lowest BCUT2D eigenvalue weighted by atomic mass is 9.85. The van der Waals surface area contributed by atoms with Gasteiger partial charge in [-0.25, -0.2) is 4.98 Å². The van der Waals surface area contributed by atoms with Crippen LogP contribution in [-0.4, -0.2) is 92.9 Å². The van der Waals surface area contributed by atoms with Crippen molar-refractivity contribution in [2.45, 2.75) is 92.1 Å². The summed E-state index contributed by atoms with van der Waals surface area (Å²) in [4.78, 5) is 60.7. The first-order valence-corrected chi connectivity index (χ1v) is 24.1. The number of aryl methyl sites for hydroxylation is 3. The molecule has 3 aromatic heterocycles. The summed E-state index contributed by atoms with van der Waals surface area (Å²) >= 11 is 1.57. The Bertz CT molecular complexity index is 2970. The number of thiazole rings is 1. The number of unbranched alkanes of at least 4 members (excludes halogenated alkanes) is 1. The van der Waals surface area contributed by atoms with E-state index in [0.29, 0.717) is 48.8 Å². The molecule has 16 heteroatoms. The molecule has 69 heavy (non-hydrogen) atoms. The van der Waals surface area contributed by atoms with Crippen LogP contribution >= 0.6 is 11.3 Å². The summed E-state index contributed by atoms with van der Waals surface area (Å²) < 4.78 is 19.6. The lowest BCUT2D eigenvalue weighted by Crippen LogP contribution is -2.58. The van der Waals surface area contributed by atoms with Gasteiger partial charge in [-0.1, -0.05) is 80.5 Å². The Morgan fingerprint density at radius 1 is 0.913 bits per heavy atom. The maximum Gasteiger partial charge on any atom is 0.249 e. The van der Waals surface area contributed by atoms with Crippen molar-refractivity contribution in [3.8, 4) is 27.3 Å². The smallest absolute Gasteiger partial charge is 0.249 e. The zero-order chi connectivity index (χ0) is 49.0. The number of benzene rings is 4. The highest BCUT2D eigenvalue weighted by Crippen LogP contribution is 2.39. The van der Waals surface area contributed by atoms with E-state index in [2.05, 4.69) is 43.5 Å². The number of nitrogens with one attached hydrogen (secondary N) is 2. The minimum absolute atomic E-state index is 0.0219. The Kier molecular flexibility index (Phi) is 14.6. The number of primary amides is 1. The average Bonchev–Trinajstić information content (AvgIpc) is 4.10. The van der Waals surface area contributed by atoms with Crippen molar-refractivity contribution < 1.29 is 38.3 Å². The monoisotopic (exact) mass is 953 g/mol. The zero-order valence-corrected chi connectivity index (χ0v) is 40.7. The molecular weight excluding hydrogens is 895 g/mol. The number of carbonyl (C=O) groups is 4. The number of likely N-dealkylation sites (tertiary alicyclic amines) is 1. The molecule has 4 aromatic carbocycles. The van der Waals surface area contributed by atoms with Crippen molar-refractivity contribution in [2.24, 2.45) is 11.1 Å². The van der Waals surface area contributed by atoms with Crippen LogP contribution in [0.25, 0.3) is 43.4 Å². The van der Waals surface area contributed by atoms with Gasteiger partial charge < -0.3 is 44.9 Å². The third-order valence-electron chi connectivity index (χ3n) is 12.6. The fourth-order valence-corrected chi connectivity index (χ4v) is 9.92. The van der Waals surface area contributed by atoms with Crippen molar-refractivity contribution >= 4 is 56.8 Å². The molecule has 1 saturated heterocycles. The lowest BCUT2D eigenvalue weighted by Gasteiger charge is -2.35. The van der Waals surface area contributed by atoms with Gasteiger partial charge in [-0.3, -0.25) is 19.2 Å². The molecule has 360 valence electrons. The molecule has 0 radical (unpaired) electrons. The Hall–Kier alpha value is -6.88. The number of hydrogen-bond donors (Lipinski definition) is 4. The third kappa shape index (κ3) is 10.9. The van der Waals surface area contributed by atoms with Crippen molar-refractivity contribution in [3.05, 3.63) is 124 Å². The Balaban J connectivity index is 0.852. The van der Waals surface area contributed by atoms with Gasteiger partial charge in [0.05, 0.1) is 40.0 Å². The highest BCUT2D eigenvalue weighted by atomic mass is 32.1. The van der Waals surface area contributed by atoms with E-state index in [9.17, 15) is 24.3 Å². The predicted octanol–water partition coefficient (Wildman–Crippen LogP) is 7.63. The van der Waals surface area contributed by atoms with Gasteiger partial charge in [0.25, 0.3) is 0 Å². The fraction of sp³-hybridized carbons (Fsp3) is 0.358. The quantitative estimate of drug-likeness (QED) is 0.0620. The molecule has 0 saturated carbocycles. The number of aliphatic hydroxyl groups excluding tert-OH is 1. The van der Waals surface area contributed by atoms with E-state index in [4.69, 9.17) is 19.7 Å². The summed E-state index contributed by atoms with van der Waals surface area (Å²) in [5.41, 5.74) is 15.6. The number of nitrogens with two attached hydrogens (primary N) is 1. The van der Waals surface area contributed by atoms with Crippen LogP contribution < -0.4 is 21.1 Å². The summed E-state index contributed by atoms with van der Waals surface area (Å²) in [6.07, 6.45) is 0.440. The van der Waals surface area contributed by atoms with E-state index >= 15 is 0 Å². The molecular formula is C53H59N7O8S. The van der Waals surface area contributed by atoms with E-state index < -0.39 is 41.3 Å². The van der Waals surface area contributed by atoms with Gasteiger partial charge in [-0.05, 0) is 91.6 Å². The predicted molar refractivity (Wildman–Crippen MR) is 266 cm³/mol. The number of aliphatic hydroxyl groups is 1. The summed E-state index contributed by atoms with van der Waals surface area (Å²) in [5, 5.41) is 22.1. The van der Waals surface area contributed by atoms with E-state index in [1.165, 1.54) is 4.90 Å². The summed E-state index contributed by atoms with van der Waals surface area (Å²) in [7, 11) is 0. The van der Waals surface area contributed by atoms with Crippen LogP contribution in [0.15, 0.2) is 95.0 Å². The molecule has 1 aliphatic rings. The molecule has 0 aliphatic carbocycles. The van der Waals surface area contributed by atoms with Crippen LogP contribution in [-0.2, 0) is 32.2 Å². The molecule has 1 fully saturated rings. The van der Waals surface area contributed by atoms with E-state index in [1.807, 2.05) is 114 Å². The van der Waals surface area contributed by atoms with Crippen LogP contribution in [0.5, 0.6) is 5.75 Å². The Morgan fingerprint density at radius 2 is 1.67 bits per heavy atom. The highest BCUT2D eigenvalue weighted by Gasteiger charge is 2.44. The molecule has 8 rings (SSSR count). The number of fused-ring (bicyclic) bond motifs is 3. The van der Waals surface area contributed by atoms with Gasteiger partial charge in [-0.2, -0.15) is 0 Å². The summed E-state index contributed by atoms with van der Waals surface area (Å²) in [6, 6.07) is 25.8. The molecule has 0 spiro atoms. The van der Waals surface area contributed by atoms with Crippen molar-refractivity contribution in [3.63, 3.8) is 0 Å². The first kappa shape index (κ1) is 48.6. The van der Waals surface area contributed by atoms with Crippen molar-refractivity contribution in [2.75, 3.05) is 26.4 Å². The molecule has 0 bridgehead atoms. The van der Waals surface area contributed by atoms with Gasteiger partial charge >= 0.3 is 0 Å². The Morgan fingerprint density at radius 3 is 2.35 bits per heavy atom. The second kappa shape index (κ2) is 20.8. The van der Waals surface area contributed by atoms with E-state index in [1.54, 1.807) is 11.3 Å². The molecule has 4 amide bonds. The second-order valence-corrected chi connectivity index (χ2v) is 19.6. The van der Waals surface area contributed by atoms with Crippen molar-refractivity contribution in [1.82, 2.24) is 30.2 Å². The van der Waals surface area contributed by atoms with Gasteiger partial charge in [0.2, 0.25) is 23.6 Å². The summed E-state index contributed by atoms with van der Waals surface area (Å²) in [5.74, 6) is -0.561. The number of aromatic nitrogens is 3. The Labute approximate surface area is 405 Å². The molecule has 3 atom stereocenters. The first-order chi connectivity index (χ1) is 33.1. The van der Waals surface area contributed by atoms with Crippen molar-refractivity contribution in [1.29, 1.82) is 0 Å². The molecule has 1 aliphatic heterocycles. The maximum absolute atomic E-state index is 14.1. The minimum atomic E-state index is -0.974. The van der Waals surface area contributed by atoms with Crippen LogP contribution in [0.2, 0.25) is 0 Å². The number of ether oxygens (including phenoxy) is 2.